The molecule has 0 aromatic heterocycles. The second-order valence-corrected chi connectivity index (χ2v) is 7.77. The molecule has 8 heteroatoms. The van der Waals surface area contributed by atoms with Crippen molar-refractivity contribution in [3.63, 3.8) is 0 Å². The first-order valence-electron chi connectivity index (χ1n) is 8.12. The standard InChI is InChI=1S/C19H20N2O5S/c1-21(27(23,24)18-9-5-16(13-20)6-10-18)12-11-15-3-7-17(8-4-15)26-14-19(22)25-2/h3-10H,11-12,14H2,1-2H3. The van der Waals surface area contributed by atoms with E-state index in [1.54, 1.807) is 12.1 Å². The maximum Gasteiger partial charge on any atom is 0.343 e. The first kappa shape index (κ1) is 20.4. The van der Waals surface area contributed by atoms with Crippen LogP contribution in [0.2, 0.25) is 0 Å². The number of sulfonamides is 1. The third-order valence-electron chi connectivity index (χ3n) is 3.91. The van der Waals surface area contributed by atoms with Crippen molar-refractivity contribution in [1.29, 1.82) is 5.26 Å². The largest absolute Gasteiger partial charge is 0.482 e. The minimum Gasteiger partial charge on any atom is -0.482 e. The van der Waals surface area contributed by atoms with Crippen LogP contribution in [0.25, 0.3) is 0 Å². The number of rotatable bonds is 8. The van der Waals surface area contributed by atoms with E-state index in [1.165, 1.54) is 42.7 Å². The van der Waals surface area contributed by atoms with Crippen LogP contribution in [0, 0.1) is 11.3 Å². The normalized spacial score (nSPS) is 11.0. The number of hydrogen-bond donors (Lipinski definition) is 0. The highest BCUT2D eigenvalue weighted by Crippen LogP contribution is 2.17. The Bertz CT molecular complexity index is 916. The van der Waals surface area contributed by atoms with Crippen molar-refractivity contribution in [2.45, 2.75) is 11.3 Å². The average molecular weight is 388 g/mol. The van der Waals surface area contributed by atoms with Crippen LogP contribution in [0.15, 0.2) is 53.4 Å². The van der Waals surface area contributed by atoms with E-state index in [2.05, 4.69) is 4.74 Å². The van der Waals surface area contributed by atoms with Crippen LogP contribution in [0.5, 0.6) is 5.75 Å². The summed E-state index contributed by atoms with van der Waals surface area (Å²) in [5, 5.41) is 8.80. The van der Waals surface area contributed by atoms with Gasteiger partial charge in [-0.25, -0.2) is 17.5 Å². The lowest BCUT2D eigenvalue weighted by molar-refractivity contribution is -0.142. The summed E-state index contributed by atoms with van der Waals surface area (Å²) in [6.07, 6.45) is 0.517. The Morgan fingerprint density at radius 1 is 1.11 bits per heavy atom. The molecule has 0 aliphatic heterocycles. The molecule has 0 aliphatic rings. The molecule has 0 aliphatic carbocycles. The van der Waals surface area contributed by atoms with Gasteiger partial charge in [0.1, 0.15) is 5.75 Å². The highest BCUT2D eigenvalue weighted by atomic mass is 32.2. The predicted octanol–water partition coefficient (Wildman–Crippen LogP) is 1.97. The van der Waals surface area contributed by atoms with Crippen molar-refractivity contribution in [2.75, 3.05) is 27.3 Å². The number of methoxy groups -OCH3 is 1. The minimum absolute atomic E-state index is 0.149. The molecule has 0 heterocycles. The summed E-state index contributed by atoms with van der Waals surface area (Å²) in [4.78, 5) is 11.2. The Hall–Kier alpha value is -2.89. The first-order chi connectivity index (χ1) is 12.9. The van der Waals surface area contributed by atoms with E-state index >= 15 is 0 Å². The summed E-state index contributed by atoms with van der Waals surface area (Å²) in [6.45, 7) is 0.131. The number of likely N-dealkylation sites (N-methyl/N-ethyl adjacent to an activating group) is 1. The first-order valence-corrected chi connectivity index (χ1v) is 9.56. The van der Waals surface area contributed by atoms with Crippen LogP contribution in [-0.2, 0) is 26.0 Å². The number of carbonyl (C=O) groups excluding carboxylic acids is 1. The van der Waals surface area contributed by atoms with Crippen LogP contribution in [-0.4, -0.2) is 46.0 Å². The van der Waals surface area contributed by atoms with Gasteiger partial charge in [0.15, 0.2) is 6.61 Å². The van der Waals surface area contributed by atoms with Crippen LogP contribution >= 0.6 is 0 Å². The topological polar surface area (TPSA) is 96.7 Å². The molecule has 27 heavy (non-hydrogen) atoms. The molecule has 0 unspecified atom stereocenters. The van der Waals surface area contributed by atoms with E-state index in [4.69, 9.17) is 10.00 Å². The molecule has 0 radical (unpaired) electrons. The maximum atomic E-state index is 12.6. The van der Waals surface area contributed by atoms with Gasteiger partial charge in [0.2, 0.25) is 10.0 Å². The zero-order valence-corrected chi connectivity index (χ0v) is 15.9. The number of carbonyl (C=O) groups is 1. The fraction of sp³-hybridized carbons (Fsp3) is 0.263. The second kappa shape index (κ2) is 9.16. The van der Waals surface area contributed by atoms with Crippen molar-refractivity contribution in [3.8, 4) is 11.8 Å². The third-order valence-corrected chi connectivity index (χ3v) is 5.79. The summed E-state index contributed by atoms with van der Waals surface area (Å²) in [5.74, 6) is 0.0661. The monoisotopic (exact) mass is 388 g/mol. The van der Waals surface area contributed by atoms with Crippen molar-refractivity contribution in [3.05, 3.63) is 59.7 Å². The summed E-state index contributed by atoms with van der Waals surface area (Å²) in [5.41, 5.74) is 1.34. The van der Waals surface area contributed by atoms with Crippen LogP contribution in [0.4, 0.5) is 0 Å². The molecular formula is C19H20N2O5S. The number of nitrogens with zero attached hydrogens (tertiary/aromatic N) is 2. The van der Waals surface area contributed by atoms with Crippen molar-refractivity contribution in [1.82, 2.24) is 4.31 Å². The molecule has 7 nitrogen and oxygen atoms in total. The molecule has 2 aromatic carbocycles. The van der Waals surface area contributed by atoms with E-state index in [0.717, 1.165) is 5.56 Å². The molecule has 0 atom stereocenters. The van der Waals surface area contributed by atoms with E-state index in [-0.39, 0.29) is 11.5 Å². The van der Waals surface area contributed by atoms with E-state index < -0.39 is 16.0 Å². The lowest BCUT2D eigenvalue weighted by Gasteiger charge is -2.17. The SMILES string of the molecule is COC(=O)COc1ccc(CCN(C)S(=O)(=O)c2ccc(C#N)cc2)cc1. The van der Waals surface area contributed by atoms with Gasteiger partial charge in [-0.3, -0.25) is 0 Å². The molecule has 0 saturated heterocycles. The summed E-state index contributed by atoms with van der Waals surface area (Å²) < 4.78 is 36.2. The van der Waals surface area contributed by atoms with E-state index in [0.29, 0.717) is 24.3 Å². The lowest BCUT2D eigenvalue weighted by Crippen LogP contribution is -2.29. The second-order valence-electron chi connectivity index (χ2n) is 5.72. The molecule has 0 saturated carbocycles. The Morgan fingerprint density at radius 3 is 2.30 bits per heavy atom. The third kappa shape index (κ3) is 5.54. The van der Waals surface area contributed by atoms with E-state index in [1.807, 2.05) is 18.2 Å². The van der Waals surface area contributed by atoms with Crippen LogP contribution in [0.1, 0.15) is 11.1 Å². The molecule has 2 aromatic rings. The Balaban J connectivity index is 1.94. The molecule has 2 rings (SSSR count). The zero-order chi connectivity index (χ0) is 19.9. The summed E-state index contributed by atoms with van der Waals surface area (Å²) in [6, 6.07) is 14.8. The van der Waals surface area contributed by atoms with Gasteiger partial charge >= 0.3 is 5.97 Å². The van der Waals surface area contributed by atoms with Crippen molar-refractivity contribution < 1.29 is 22.7 Å². The van der Waals surface area contributed by atoms with Gasteiger partial charge < -0.3 is 9.47 Å². The molecule has 0 N–H and O–H groups in total. The van der Waals surface area contributed by atoms with Gasteiger partial charge in [-0.15, -0.1) is 0 Å². The number of nitriles is 1. The van der Waals surface area contributed by atoms with Gasteiger partial charge in [0.25, 0.3) is 0 Å². The molecule has 0 amide bonds. The van der Waals surface area contributed by atoms with E-state index in [9.17, 15) is 13.2 Å². The fourth-order valence-corrected chi connectivity index (χ4v) is 3.41. The molecular weight excluding hydrogens is 368 g/mol. The molecule has 0 spiro atoms. The van der Waals surface area contributed by atoms with Gasteiger partial charge in [-0.05, 0) is 48.4 Å². The highest BCUT2D eigenvalue weighted by Gasteiger charge is 2.20. The average Bonchev–Trinajstić information content (AvgIpc) is 2.70. The Kier molecular flexibility index (Phi) is 6.93. The number of hydrogen-bond acceptors (Lipinski definition) is 6. The molecule has 142 valence electrons. The van der Waals surface area contributed by atoms with Crippen LogP contribution < -0.4 is 4.74 Å². The summed E-state index contributed by atoms with van der Waals surface area (Å²) in [7, 11) is -0.811. The molecule has 0 bridgehead atoms. The summed E-state index contributed by atoms with van der Waals surface area (Å²) >= 11 is 0. The van der Waals surface area contributed by atoms with Crippen molar-refractivity contribution >= 4 is 16.0 Å². The number of benzene rings is 2. The Morgan fingerprint density at radius 2 is 1.74 bits per heavy atom. The quantitative estimate of drug-likeness (QED) is 0.642. The van der Waals surface area contributed by atoms with Gasteiger partial charge in [0, 0.05) is 13.6 Å². The maximum absolute atomic E-state index is 12.6. The van der Waals surface area contributed by atoms with Gasteiger partial charge in [0.05, 0.1) is 23.6 Å². The Labute approximate surface area is 158 Å². The predicted molar refractivity (Wildman–Crippen MR) is 98.6 cm³/mol. The van der Waals surface area contributed by atoms with Crippen molar-refractivity contribution in [2.24, 2.45) is 0 Å². The lowest BCUT2D eigenvalue weighted by atomic mass is 10.1. The van der Waals surface area contributed by atoms with Gasteiger partial charge in [-0.1, -0.05) is 12.1 Å². The number of esters is 1. The fourth-order valence-electron chi connectivity index (χ4n) is 2.24. The zero-order valence-electron chi connectivity index (χ0n) is 15.1. The highest BCUT2D eigenvalue weighted by molar-refractivity contribution is 7.89. The molecule has 0 fully saturated rings. The van der Waals surface area contributed by atoms with Crippen LogP contribution in [0.3, 0.4) is 0 Å². The number of ether oxygens (including phenoxy) is 2. The minimum atomic E-state index is -3.62. The van der Waals surface area contributed by atoms with Gasteiger partial charge in [-0.2, -0.15) is 5.26 Å². The smallest absolute Gasteiger partial charge is 0.343 e.